The Balaban J connectivity index is 1.93. The Morgan fingerprint density at radius 3 is 1.27 bits per heavy atom. The molecule has 0 unspecified atom stereocenters. The zero-order chi connectivity index (χ0) is 19.2. The minimum absolute atomic E-state index is 0.0283. The topological polar surface area (TPSA) is 117 Å². The molecule has 2 aromatic rings. The molecule has 0 aliphatic carbocycles. The molecule has 0 amide bonds. The van der Waals surface area contributed by atoms with Crippen LogP contribution in [-0.4, -0.2) is 29.3 Å². The van der Waals surface area contributed by atoms with Gasteiger partial charge in [-0.3, -0.25) is 0 Å². The average Bonchev–Trinajstić information content (AvgIpc) is 2.58. The summed E-state index contributed by atoms with van der Waals surface area (Å²) < 4.78 is 47.7. The molecule has 2 N–H and O–H groups in total. The molecule has 0 saturated heterocycles. The second-order valence-corrected chi connectivity index (χ2v) is 8.85. The monoisotopic (exact) mass is 434 g/mol. The molecule has 0 spiro atoms. The van der Waals surface area contributed by atoms with Gasteiger partial charge in [0.05, 0.1) is 22.2 Å². The van der Waals surface area contributed by atoms with Crippen LogP contribution in [0.15, 0.2) is 68.5 Å². The number of nitrogens with one attached hydrogen (secondary N) is 2. The van der Waals surface area contributed by atoms with Gasteiger partial charge in [-0.1, -0.05) is 23.2 Å². The Bertz CT molecular complexity index is 934. The first kappa shape index (κ1) is 20.2. The molecule has 2 rings (SSSR count). The zero-order valence-corrected chi connectivity index (χ0v) is 16.0. The number of nitrogens with zero attached hydrogens (tertiary/aromatic N) is 2. The molecule has 0 aromatic heterocycles. The van der Waals surface area contributed by atoms with Crippen molar-refractivity contribution >= 4 is 55.7 Å². The summed E-state index contributed by atoms with van der Waals surface area (Å²) in [4.78, 5) is 3.83. The smallest absolute Gasteiger partial charge is 0.200 e. The van der Waals surface area contributed by atoms with Gasteiger partial charge in [-0.15, -0.1) is 0 Å². The van der Waals surface area contributed by atoms with E-state index >= 15 is 0 Å². The molecule has 0 heterocycles. The second-order valence-electron chi connectivity index (χ2n) is 4.65. The molecule has 2 aromatic carbocycles. The first-order valence-electron chi connectivity index (χ1n) is 6.80. The van der Waals surface area contributed by atoms with Gasteiger partial charge in [0.2, 0.25) is 0 Å². The van der Waals surface area contributed by atoms with E-state index in [1.165, 1.54) is 48.5 Å². The summed E-state index contributed by atoms with van der Waals surface area (Å²) in [6.45, 7) is 0. The Morgan fingerprint density at radius 1 is 0.654 bits per heavy atom. The molecule has 0 bridgehead atoms. The first-order valence-corrected chi connectivity index (χ1v) is 10.5. The second kappa shape index (κ2) is 8.49. The summed E-state index contributed by atoms with van der Waals surface area (Å²) in [7, 11) is -7.72. The number of sulfonamides is 2. The van der Waals surface area contributed by atoms with Crippen LogP contribution in [0, 0.1) is 0 Å². The predicted molar refractivity (Wildman–Crippen MR) is 101 cm³/mol. The van der Waals surface area contributed by atoms with Gasteiger partial charge in [0, 0.05) is 10.0 Å². The van der Waals surface area contributed by atoms with Crippen LogP contribution in [0.3, 0.4) is 0 Å². The molecule has 26 heavy (non-hydrogen) atoms. The maximum absolute atomic E-state index is 11.9. The summed E-state index contributed by atoms with van der Waals surface area (Å²) in [6, 6.07) is 10.9. The highest BCUT2D eigenvalue weighted by molar-refractivity contribution is 7.89. The van der Waals surface area contributed by atoms with Gasteiger partial charge in [-0.2, -0.15) is 27.0 Å². The number of halogens is 2. The fraction of sp³-hybridized carbons (Fsp3) is 0. The van der Waals surface area contributed by atoms with Gasteiger partial charge in [-0.25, -0.2) is 9.66 Å². The lowest BCUT2D eigenvalue weighted by atomic mass is 10.4. The van der Waals surface area contributed by atoms with Gasteiger partial charge in [0.15, 0.2) is 0 Å². The van der Waals surface area contributed by atoms with Crippen LogP contribution in [-0.2, 0) is 20.0 Å². The van der Waals surface area contributed by atoms with E-state index in [9.17, 15) is 16.8 Å². The van der Waals surface area contributed by atoms with Gasteiger partial charge in [0.1, 0.15) is 0 Å². The zero-order valence-electron chi connectivity index (χ0n) is 12.9. The van der Waals surface area contributed by atoms with Crippen LogP contribution in [0.25, 0.3) is 0 Å². The van der Waals surface area contributed by atoms with Crippen LogP contribution in [0.5, 0.6) is 0 Å². The summed E-state index contributed by atoms with van der Waals surface area (Å²) in [5.74, 6) is 0. The van der Waals surface area contributed by atoms with E-state index in [1.807, 2.05) is 9.66 Å². The third kappa shape index (κ3) is 5.70. The highest BCUT2D eigenvalue weighted by atomic mass is 35.5. The summed E-state index contributed by atoms with van der Waals surface area (Å²) in [6.07, 6.45) is 1.94. The van der Waals surface area contributed by atoms with Crippen LogP contribution in [0.1, 0.15) is 0 Å². The minimum Gasteiger partial charge on any atom is -0.200 e. The van der Waals surface area contributed by atoms with Crippen molar-refractivity contribution in [2.45, 2.75) is 9.79 Å². The number of benzene rings is 2. The molecule has 8 nitrogen and oxygen atoms in total. The Kier molecular flexibility index (Phi) is 6.59. The summed E-state index contributed by atoms with van der Waals surface area (Å²) in [5, 5.41) is 7.69. The maximum atomic E-state index is 11.9. The number of hydrogen-bond acceptors (Lipinski definition) is 6. The van der Waals surface area contributed by atoms with E-state index in [-0.39, 0.29) is 9.79 Å². The fourth-order valence-corrected chi connectivity index (χ4v) is 3.45. The van der Waals surface area contributed by atoms with E-state index in [4.69, 9.17) is 23.2 Å². The number of rotatable bonds is 7. The predicted octanol–water partition coefficient (Wildman–Crippen LogP) is 2.22. The molecular weight excluding hydrogens is 423 g/mol. The molecule has 12 heteroatoms. The van der Waals surface area contributed by atoms with Crippen molar-refractivity contribution in [1.82, 2.24) is 9.66 Å². The van der Waals surface area contributed by atoms with Crippen LogP contribution in [0.2, 0.25) is 10.0 Å². The number of hydrazone groups is 2. The molecule has 0 aliphatic rings. The standard InChI is InChI=1S/C14H12Cl2N4O4S2/c15-11-1-5-13(6-2-11)25(21,22)19-17-9-10-18-20-26(23,24)14-7-3-12(16)4-8-14/h1-10,19-20H/b17-9+,18-10+. The quantitative estimate of drug-likeness (QED) is 0.512. The minimum atomic E-state index is -3.86. The molecule has 0 atom stereocenters. The third-order valence-corrected chi connectivity index (χ3v) is 5.79. The van der Waals surface area contributed by atoms with Gasteiger partial charge < -0.3 is 0 Å². The molecule has 0 saturated carbocycles. The SMILES string of the molecule is O=S(=O)(N/N=C/C=N/NS(=O)(=O)c1ccc(Cl)cc1)c1ccc(Cl)cc1. The van der Waals surface area contributed by atoms with E-state index in [0.29, 0.717) is 10.0 Å². The largest absolute Gasteiger partial charge is 0.276 e. The van der Waals surface area contributed by atoms with E-state index in [1.54, 1.807) is 0 Å². The van der Waals surface area contributed by atoms with Crippen molar-refractivity contribution in [2.24, 2.45) is 10.2 Å². The lowest BCUT2D eigenvalue weighted by molar-refractivity contribution is 0.582. The van der Waals surface area contributed by atoms with Gasteiger partial charge in [0.25, 0.3) is 20.0 Å². The molecular formula is C14H12Cl2N4O4S2. The van der Waals surface area contributed by atoms with E-state index < -0.39 is 20.0 Å². The van der Waals surface area contributed by atoms with E-state index in [0.717, 1.165) is 12.4 Å². The lowest BCUT2D eigenvalue weighted by Crippen LogP contribution is -2.19. The lowest BCUT2D eigenvalue weighted by Gasteiger charge is -2.03. The molecule has 0 radical (unpaired) electrons. The first-order chi connectivity index (χ1) is 12.2. The third-order valence-electron chi connectivity index (χ3n) is 2.81. The molecule has 0 aliphatic heterocycles. The fourth-order valence-electron chi connectivity index (χ4n) is 1.60. The van der Waals surface area contributed by atoms with Crippen molar-refractivity contribution in [1.29, 1.82) is 0 Å². The molecule has 0 fully saturated rings. The normalized spacial score (nSPS) is 12.5. The van der Waals surface area contributed by atoms with Gasteiger partial charge in [-0.05, 0) is 48.5 Å². The van der Waals surface area contributed by atoms with Crippen molar-refractivity contribution in [2.75, 3.05) is 0 Å². The highest BCUT2D eigenvalue weighted by Crippen LogP contribution is 2.14. The van der Waals surface area contributed by atoms with Crippen molar-refractivity contribution < 1.29 is 16.8 Å². The van der Waals surface area contributed by atoms with Crippen LogP contribution < -0.4 is 9.66 Å². The van der Waals surface area contributed by atoms with Crippen molar-refractivity contribution in [3.8, 4) is 0 Å². The Morgan fingerprint density at radius 2 is 0.962 bits per heavy atom. The highest BCUT2D eigenvalue weighted by Gasteiger charge is 2.12. The van der Waals surface area contributed by atoms with Gasteiger partial charge >= 0.3 is 0 Å². The number of hydrogen-bond donors (Lipinski definition) is 2. The summed E-state index contributed by atoms with van der Waals surface area (Å²) in [5.41, 5.74) is 0. The van der Waals surface area contributed by atoms with Crippen LogP contribution >= 0.6 is 23.2 Å². The van der Waals surface area contributed by atoms with E-state index in [2.05, 4.69) is 10.2 Å². The Labute approximate surface area is 160 Å². The average molecular weight is 435 g/mol. The van der Waals surface area contributed by atoms with Crippen molar-refractivity contribution in [3.05, 3.63) is 58.6 Å². The molecule has 138 valence electrons. The van der Waals surface area contributed by atoms with Crippen molar-refractivity contribution in [3.63, 3.8) is 0 Å². The maximum Gasteiger partial charge on any atom is 0.276 e. The van der Waals surface area contributed by atoms with Crippen LogP contribution in [0.4, 0.5) is 0 Å². The summed E-state index contributed by atoms with van der Waals surface area (Å²) >= 11 is 11.4. The Hall–Kier alpha value is -2.14.